The zero-order chi connectivity index (χ0) is 7.03. The fourth-order valence-electron chi connectivity index (χ4n) is 0.913. The summed E-state index contributed by atoms with van der Waals surface area (Å²) in [5, 5.41) is 0. The third kappa shape index (κ3) is 0.556. The molecule has 0 aromatic carbocycles. The van der Waals surface area contributed by atoms with Crippen LogP contribution in [0.1, 0.15) is 6.92 Å². The highest BCUT2D eigenvalue weighted by molar-refractivity contribution is 6.17. The normalized spacial score (nSPS) is 34.3. The van der Waals surface area contributed by atoms with Crippen molar-refractivity contribution in [1.82, 2.24) is 0 Å². The first-order valence-corrected chi connectivity index (χ1v) is 3.00. The largest absolute Gasteiger partial charge is 0.253 e. The molecule has 0 N–H and O–H groups in total. The van der Waals surface area contributed by atoms with Crippen LogP contribution in [0.5, 0.6) is 0 Å². The summed E-state index contributed by atoms with van der Waals surface area (Å²) in [5.41, 5.74) is -0.380. The van der Waals surface area contributed by atoms with Gasteiger partial charge in [-0.1, -0.05) is 0 Å². The van der Waals surface area contributed by atoms with Crippen LogP contribution in [0.25, 0.3) is 0 Å². The van der Waals surface area contributed by atoms with Crippen LogP contribution in [0.4, 0.5) is 0 Å². The summed E-state index contributed by atoms with van der Waals surface area (Å²) in [7, 11) is 0. The average molecular weight is 134 g/mol. The van der Waals surface area contributed by atoms with Gasteiger partial charge in [-0.25, -0.2) is 15.0 Å². The van der Waals surface area contributed by atoms with Crippen molar-refractivity contribution in [2.75, 3.05) is 0 Å². The molecular formula is C6H6N4. The zero-order valence-corrected chi connectivity index (χ0v) is 5.52. The Balaban J connectivity index is 2.51. The first-order chi connectivity index (χ1) is 4.81. The van der Waals surface area contributed by atoms with Gasteiger partial charge in [-0.2, -0.15) is 0 Å². The summed E-state index contributed by atoms with van der Waals surface area (Å²) >= 11 is 0. The molecule has 50 valence electrons. The lowest BCUT2D eigenvalue weighted by atomic mass is 10.0. The van der Waals surface area contributed by atoms with Gasteiger partial charge in [-0.15, -0.1) is 0 Å². The molecule has 0 radical (unpaired) electrons. The minimum absolute atomic E-state index is 0.380. The molecule has 0 spiro atoms. The maximum absolute atomic E-state index is 4.10. The molecule has 10 heavy (non-hydrogen) atoms. The van der Waals surface area contributed by atoms with Gasteiger partial charge in [0.1, 0.15) is 12.7 Å². The first kappa shape index (κ1) is 5.46. The van der Waals surface area contributed by atoms with Gasteiger partial charge >= 0.3 is 0 Å². The Bertz CT molecular complexity index is 273. The van der Waals surface area contributed by atoms with Gasteiger partial charge in [0.05, 0.1) is 0 Å². The van der Waals surface area contributed by atoms with Crippen molar-refractivity contribution in [3.63, 3.8) is 0 Å². The van der Waals surface area contributed by atoms with Crippen LogP contribution < -0.4 is 0 Å². The molecule has 0 aromatic heterocycles. The Morgan fingerprint density at radius 3 is 3.10 bits per heavy atom. The fraction of sp³-hybridized carbons (Fsp3) is 0.333. The molecule has 0 saturated carbocycles. The molecule has 2 rings (SSSR count). The molecule has 4 heteroatoms. The smallest absolute Gasteiger partial charge is 0.164 e. The first-order valence-electron chi connectivity index (χ1n) is 3.00. The lowest BCUT2D eigenvalue weighted by Crippen LogP contribution is -2.33. The van der Waals surface area contributed by atoms with Crippen LogP contribution in [0.2, 0.25) is 0 Å². The summed E-state index contributed by atoms with van der Waals surface area (Å²) in [6, 6.07) is 0. The Kier molecular flexibility index (Phi) is 0.869. The zero-order valence-electron chi connectivity index (χ0n) is 5.52. The van der Waals surface area contributed by atoms with Crippen molar-refractivity contribution in [3.8, 4) is 0 Å². The van der Waals surface area contributed by atoms with Gasteiger partial charge in [0.15, 0.2) is 11.4 Å². The van der Waals surface area contributed by atoms with E-state index in [0.29, 0.717) is 0 Å². The molecular weight excluding hydrogens is 128 g/mol. The van der Waals surface area contributed by atoms with E-state index in [1.54, 1.807) is 6.21 Å². The second-order valence-corrected chi connectivity index (χ2v) is 2.37. The van der Waals surface area contributed by atoms with Gasteiger partial charge in [0.25, 0.3) is 0 Å². The van der Waals surface area contributed by atoms with Crippen molar-refractivity contribution in [2.45, 2.75) is 12.5 Å². The number of rotatable bonds is 0. The van der Waals surface area contributed by atoms with Gasteiger partial charge in [0, 0.05) is 6.21 Å². The maximum Gasteiger partial charge on any atom is 0.164 e. The molecule has 1 atom stereocenters. The average Bonchev–Trinajstić information content (AvgIpc) is 2.29. The molecule has 0 saturated heterocycles. The molecule has 0 unspecified atom stereocenters. The molecule has 2 aliphatic heterocycles. The summed E-state index contributed by atoms with van der Waals surface area (Å²) in [6.45, 7) is 1.93. The molecule has 4 nitrogen and oxygen atoms in total. The highest BCUT2D eigenvalue weighted by Crippen LogP contribution is 2.16. The Labute approximate surface area is 58.1 Å². The minimum Gasteiger partial charge on any atom is -0.253 e. The SMILES string of the molecule is C[C@]12C=NC=NC1=NC=N2. The minimum atomic E-state index is -0.380. The summed E-state index contributed by atoms with van der Waals surface area (Å²) < 4.78 is 0. The molecule has 0 bridgehead atoms. The summed E-state index contributed by atoms with van der Waals surface area (Å²) in [4.78, 5) is 15.9. The van der Waals surface area contributed by atoms with Crippen LogP contribution in [0.3, 0.4) is 0 Å². The Morgan fingerprint density at radius 2 is 2.30 bits per heavy atom. The van der Waals surface area contributed by atoms with Gasteiger partial charge in [0.2, 0.25) is 0 Å². The second-order valence-electron chi connectivity index (χ2n) is 2.37. The van der Waals surface area contributed by atoms with Crippen molar-refractivity contribution in [1.29, 1.82) is 0 Å². The number of amidine groups is 1. The molecule has 0 aliphatic carbocycles. The van der Waals surface area contributed by atoms with Crippen LogP contribution in [-0.2, 0) is 0 Å². The summed E-state index contributed by atoms with van der Waals surface area (Å²) in [5.74, 6) is 0.725. The van der Waals surface area contributed by atoms with E-state index in [-0.39, 0.29) is 5.54 Å². The Hall–Kier alpha value is -1.32. The van der Waals surface area contributed by atoms with Gasteiger partial charge < -0.3 is 0 Å². The summed E-state index contributed by atoms with van der Waals surface area (Å²) in [6.07, 6.45) is 4.74. The van der Waals surface area contributed by atoms with Crippen molar-refractivity contribution < 1.29 is 0 Å². The van der Waals surface area contributed by atoms with E-state index in [2.05, 4.69) is 20.0 Å². The quantitative estimate of drug-likeness (QED) is 0.457. The topological polar surface area (TPSA) is 49.4 Å². The van der Waals surface area contributed by atoms with Crippen LogP contribution >= 0.6 is 0 Å². The number of hydrogen-bond acceptors (Lipinski definition) is 4. The molecule has 0 amide bonds. The van der Waals surface area contributed by atoms with Crippen molar-refractivity contribution >= 4 is 24.7 Å². The highest BCUT2D eigenvalue weighted by atomic mass is 15.1. The van der Waals surface area contributed by atoms with E-state index in [4.69, 9.17) is 0 Å². The van der Waals surface area contributed by atoms with E-state index in [0.717, 1.165) is 5.84 Å². The number of aliphatic imine (C=N–C) groups is 4. The number of fused-ring (bicyclic) bond motifs is 1. The predicted molar refractivity (Wildman–Crippen MR) is 41.3 cm³/mol. The van der Waals surface area contributed by atoms with Crippen LogP contribution in [-0.4, -0.2) is 30.3 Å². The van der Waals surface area contributed by atoms with Crippen LogP contribution in [0, 0.1) is 0 Å². The monoisotopic (exact) mass is 134 g/mol. The van der Waals surface area contributed by atoms with Crippen molar-refractivity contribution in [2.24, 2.45) is 20.0 Å². The Morgan fingerprint density at radius 1 is 1.40 bits per heavy atom. The highest BCUT2D eigenvalue weighted by Gasteiger charge is 2.31. The number of nitrogens with zero attached hydrogens (tertiary/aromatic N) is 4. The van der Waals surface area contributed by atoms with Crippen LogP contribution in [0.15, 0.2) is 20.0 Å². The van der Waals surface area contributed by atoms with Crippen molar-refractivity contribution in [3.05, 3.63) is 0 Å². The van der Waals surface area contributed by atoms with E-state index >= 15 is 0 Å². The van der Waals surface area contributed by atoms with Gasteiger partial charge in [-0.3, -0.25) is 4.99 Å². The molecule has 2 heterocycles. The molecule has 2 aliphatic rings. The standard InChI is InChI=1S/C6H6N4/c1-6-2-7-3-8-5(6)9-4-10-6/h2-4H,1H3/t6-/m0/s1. The third-order valence-electron chi connectivity index (χ3n) is 1.53. The second kappa shape index (κ2) is 1.59. The van der Waals surface area contributed by atoms with E-state index < -0.39 is 0 Å². The molecule has 0 fully saturated rings. The fourth-order valence-corrected chi connectivity index (χ4v) is 0.913. The predicted octanol–water partition coefficient (Wildman–Crippen LogP) is 0.298. The third-order valence-corrected chi connectivity index (χ3v) is 1.53. The molecule has 0 aromatic rings. The number of hydrogen-bond donors (Lipinski definition) is 0. The van der Waals surface area contributed by atoms with E-state index in [1.807, 2.05) is 6.92 Å². The lowest BCUT2D eigenvalue weighted by Gasteiger charge is -2.15. The maximum atomic E-state index is 4.10. The van der Waals surface area contributed by atoms with E-state index in [9.17, 15) is 0 Å². The lowest BCUT2D eigenvalue weighted by molar-refractivity contribution is 0.860. The van der Waals surface area contributed by atoms with E-state index in [1.165, 1.54) is 12.7 Å². The van der Waals surface area contributed by atoms with Gasteiger partial charge in [-0.05, 0) is 6.92 Å².